The molecule has 2 amide bonds. The third-order valence-electron chi connectivity index (χ3n) is 7.98. The molecule has 0 radical (unpaired) electrons. The maximum absolute atomic E-state index is 13.9. The Labute approximate surface area is 257 Å². The van der Waals surface area contributed by atoms with Crippen LogP contribution in [0.4, 0.5) is 0 Å². The van der Waals surface area contributed by atoms with Gasteiger partial charge in [0.2, 0.25) is 6.10 Å². The van der Waals surface area contributed by atoms with E-state index >= 15 is 0 Å². The number of nitrogens with one attached hydrogen (secondary N) is 2. The lowest BCUT2D eigenvalue weighted by Gasteiger charge is -2.25. The number of benzene rings is 2. The van der Waals surface area contributed by atoms with Crippen LogP contribution in [-0.4, -0.2) is 94.9 Å². The van der Waals surface area contributed by atoms with Crippen LogP contribution >= 0.6 is 0 Å². The number of methoxy groups -OCH3 is 1. The first kappa shape index (κ1) is 31.5. The smallest absolute Gasteiger partial charge is 0.339 e. The molecular formula is C31H33N3O11. The normalized spacial score (nSPS) is 25.1. The Morgan fingerprint density at radius 1 is 1.13 bits per heavy atom. The van der Waals surface area contributed by atoms with E-state index in [9.17, 15) is 34.2 Å². The molecule has 3 fully saturated rings. The number of Topliss-reactive ketones (excluding diaryl/α,β-unsaturated/α-hetero) is 1. The molecule has 0 spiro atoms. The minimum absolute atomic E-state index is 0.0319. The summed E-state index contributed by atoms with van der Waals surface area (Å²) in [4.78, 5) is 66.4. The van der Waals surface area contributed by atoms with Gasteiger partial charge in [-0.3, -0.25) is 19.2 Å². The number of ketones is 1. The number of esters is 2. The molecule has 0 saturated carbocycles. The lowest BCUT2D eigenvalue weighted by molar-refractivity contribution is -0.148. The number of allylic oxidation sites excluding steroid dienone is 1. The second kappa shape index (κ2) is 11.9. The van der Waals surface area contributed by atoms with E-state index in [1.165, 1.54) is 13.2 Å². The summed E-state index contributed by atoms with van der Waals surface area (Å²) in [5.41, 5.74) is -1.25. The third-order valence-corrected chi connectivity index (χ3v) is 7.98. The minimum atomic E-state index is -1.58. The van der Waals surface area contributed by atoms with Crippen LogP contribution in [0.3, 0.4) is 0 Å². The van der Waals surface area contributed by atoms with Gasteiger partial charge in [0.05, 0.1) is 31.0 Å². The Hall–Kier alpha value is -4.95. The monoisotopic (exact) mass is 623 g/mol. The average Bonchev–Trinajstić information content (AvgIpc) is 3.92. The number of ether oxygens (including phenoxy) is 4. The molecule has 2 aromatic carbocycles. The molecule has 5 atom stereocenters. The first-order chi connectivity index (χ1) is 21.3. The van der Waals surface area contributed by atoms with Crippen molar-refractivity contribution in [3.05, 3.63) is 64.8 Å². The topological polar surface area (TPSA) is 193 Å². The lowest BCUT2D eigenvalue weighted by Crippen LogP contribution is -2.49. The summed E-state index contributed by atoms with van der Waals surface area (Å²) in [5.74, 6) is -3.95. The molecule has 45 heavy (non-hydrogen) atoms. The molecular weight excluding hydrogens is 590 g/mol. The van der Waals surface area contributed by atoms with Crippen molar-refractivity contribution < 1.29 is 53.1 Å². The van der Waals surface area contributed by atoms with Crippen molar-refractivity contribution in [3.8, 4) is 5.75 Å². The van der Waals surface area contributed by atoms with Crippen molar-refractivity contribution in [3.63, 3.8) is 0 Å². The highest BCUT2D eigenvalue weighted by molar-refractivity contribution is 6.08. The van der Waals surface area contributed by atoms with E-state index in [2.05, 4.69) is 10.6 Å². The van der Waals surface area contributed by atoms with E-state index < -0.39 is 70.9 Å². The van der Waals surface area contributed by atoms with E-state index in [0.29, 0.717) is 17.4 Å². The van der Waals surface area contributed by atoms with Gasteiger partial charge in [0.1, 0.15) is 35.1 Å². The van der Waals surface area contributed by atoms with Gasteiger partial charge in [-0.15, -0.1) is 0 Å². The molecule has 238 valence electrons. The summed E-state index contributed by atoms with van der Waals surface area (Å²) in [5, 5.41) is 26.2. The molecule has 14 heteroatoms. The highest BCUT2D eigenvalue weighted by atomic mass is 16.6. The summed E-state index contributed by atoms with van der Waals surface area (Å²) >= 11 is 0. The zero-order chi connectivity index (χ0) is 32.8. The fraction of sp³-hybridized carbons (Fsp3) is 0.387. The number of hydrogen-bond donors (Lipinski definition) is 4. The Kier molecular flexibility index (Phi) is 8.29. The minimum Gasteiger partial charge on any atom is -0.513 e. The number of aliphatic hydroxyl groups excluding tert-OH is 2. The molecule has 14 nitrogen and oxygen atoms in total. The van der Waals surface area contributed by atoms with E-state index in [-0.39, 0.29) is 24.4 Å². The van der Waals surface area contributed by atoms with Gasteiger partial charge in [-0.2, -0.15) is 0 Å². The Morgan fingerprint density at radius 3 is 2.44 bits per heavy atom. The van der Waals surface area contributed by atoms with Gasteiger partial charge in [0.25, 0.3) is 11.8 Å². The largest absolute Gasteiger partial charge is 0.513 e. The molecule has 0 aromatic heterocycles. The summed E-state index contributed by atoms with van der Waals surface area (Å²) in [6.07, 6.45) is -3.74. The molecule has 1 unspecified atom stereocenters. The summed E-state index contributed by atoms with van der Waals surface area (Å²) < 4.78 is 21.9. The predicted molar refractivity (Wildman–Crippen MR) is 156 cm³/mol. The van der Waals surface area contributed by atoms with Crippen LogP contribution in [0.2, 0.25) is 0 Å². The molecule has 0 bridgehead atoms. The number of amides is 2. The number of piperidine rings is 1. The Morgan fingerprint density at radius 2 is 1.84 bits per heavy atom. The fourth-order valence-corrected chi connectivity index (χ4v) is 5.35. The summed E-state index contributed by atoms with van der Waals surface area (Å²) in [6.45, 7) is 5.99. The molecule has 3 heterocycles. The van der Waals surface area contributed by atoms with Gasteiger partial charge < -0.3 is 44.7 Å². The van der Waals surface area contributed by atoms with Crippen LogP contribution in [0.25, 0.3) is 10.8 Å². The SMILES string of the molecule is COc1cc(C(=O)O[C@H](C(=O)N/C(C(=O)N/C(=C/O)C(C)=O)=C2\[C@@H](OC(C)=O)[C@H](O)C3CN23)[C@]2(C)CO2)c2cccc(C)c2c1. The van der Waals surface area contributed by atoms with Gasteiger partial charge >= 0.3 is 11.9 Å². The van der Waals surface area contributed by atoms with E-state index in [4.69, 9.17) is 18.9 Å². The van der Waals surface area contributed by atoms with Gasteiger partial charge in [-0.05, 0) is 42.3 Å². The predicted octanol–water partition coefficient (Wildman–Crippen LogP) is 0.894. The molecule has 3 aliphatic heterocycles. The number of aryl methyl sites for hydroxylation is 1. The van der Waals surface area contributed by atoms with Crippen molar-refractivity contribution in [1.82, 2.24) is 15.5 Å². The van der Waals surface area contributed by atoms with E-state index in [1.807, 2.05) is 13.0 Å². The van der Waals surface area contributed by atoms with Crippen LogP contribution in [0.1, 0.15) is 36.7 Å². The number of hydrogen-bond acceptors (Lipinski definition) is 12. The maximum atomic E-state index is 13.9. The van der Waals surface area contributed by atoms with E-state index in [1.54, 1.807) is 30.0 Å². The number of carbonyl (C=O) groups excluding carboxylic acids is 5. The number of aliphatic hydroxyl groups is 2. The first-order valence-corrected chi connectivity index (χ1v) is 14.1. The van der Waals surface area contributed by atoms with Crippen LogP contribution in [0.5, 0.6) is 5.75 Å². The quantitative estimate of drug-likeness (QED) is 0.127. The number of fused-ring (bicyclic) bond motifs is 2. The second-order valence-electron chi connectivity index (χ2n) is 11.3. The Bertz CT molecular complexity index is 1680. The first-order valence-electron chi connectivity index (χ1n) is 14.1. The lowest BCUT2D eigenvalue weighted by atomic mass is 9.99. The van der Waals surface area contributed by atoms with Crippen molar-refractivity contribution in [2.45, 2.75) is 57.6 Å². The van der Waals surface area contributed by atoms with Crippen LogP contribution in [-0.2, 0) is 33.4 Å². The van der Waals surface area contributed by atoms with Crippen molar-refractivity contribution in [2.75, 3.05) is 20.3 Å². The van der Waals surface area contributed by atoms with Gasteiger partial charge in [0.15, 0.2) is 11.9 Å². The van der Waals surface area contributed by atoms with E-state index in [0.717, 1.165) is 24.8 Å². The van der Waals surface area contributed by atoms with Crippen LogP contribution in [0, 0.1) is 6.92 Å². The third kappa shape index (κ3) is 6.06. The number of rotatable bonds is 10. The average molecular weight is 624 g/mol. The molecule has 0 aliphatic carbocycles. The highest BCUT2D eigenvalue weighted by Crippen LogP contribution is 2.42. The van der Waals surface area contributed by atoms with Gasteiger partial charge in [0, 0.05) is 20.4 Å². The molecule has 3 aliphatic rings. The maximum Gasteiger partial charge on any atom is 0.339 e. The zero-order valence-corrected chi connectivity index (χ0v) is 25.2. The van der Waals surface area contributed by atoms with Gasteiger partial charge in [-0.1, -0.05) is 18.2 Å². The number of epoxide rings is 1. The molecule has 5 rings (SSSR count). The van der Waals surface area contributed by atoms with Crippen LogP contribution < -0.4 is 15.4 Å². The number of carbonyl (C=O) groups is 5. The molecule has 3 saturated heterocycles. The Balaban J connectivity index is 1.51. The molecule has 4 N–H and O–H groups in total. The highest BCUT2D eigenvalue weighted by Gasteiger charge is 2.59. The van der Waals surface area contributed by atoms with Crippen molar-refractivity contribution in [2.24, 2.45) is 0 Å². The standard InChI is InChI=1S/C31H33N3O11/c1-14-7-6-8-18-19(14)9-17(42-5)10-20(18)30(41)45-27(31(4)13-43-31)29(40)33-23(28(39)32-21(12-35)15(2)36)24-26(44-16(3)37)25(38)22-11-34(22)24/h6-10,12,22,25-27,35,38H,11,13H2,1-5H3,(H,32,39)(H,33,40)/b21-12+,24-23+/t22?,25-,26-,27-,31+,34?/m1/s1. The van der Waals surface area contributed by atoms with Gasteiger partial charge in [-0.25, -0.2) is 4.79 Å². The number of nitrogens with zero attached hydrogens (tertiary/aromatic N) is 1. The van der Waals surface area contributed by atoms with Crippen molar-refractivity contribution in [1.29, 1.82) is 0 Å². The summed E-state index contributed by atoms with van der Waals surface area (Å²) in [6, 6.07) is 8.16. The second-order valence-corrected chi connectivity index (χ2v) is 11.3. The zero-order valence-electron chi connectivity index (χ0n) is 25.2. The van der Waals surface area contributed by atoms with Crippen molar-refractivity contribution >= 4 is 40.3 Å². The summed E-state index contributed by atoms with van der Waals surface area (Å²) in [7, 11) is 1.46. The fourth-order valence-electron chi connectivity index (χ4n) is 5.35. The van der Waals surface area contributed by atoms with Crippen LogP contribution in [0.15, 0.2) is 53.7 Å². The molecule has 2 aromatic rings.